The standard InChI is InChI=1S/2C12H12N.2ClH/c2*1-3-7-12(8-4-1)11-13-9-5-2-6-10-13;;/h2*1-10H,11H2;2*1H/q2*+1;;/p-2. The summed E-state index contributed by atoms with van der Waals surface area (Å²) in [5.74, 6) is 0. The summed E-state index contributed by atoms with van der Waals surface area (Å²) >= 11 is 0. The van der Waals surface area contributed by atoms with Crippen LogP contribution in [-0.2, 0) is 13.1 Å². The third-order valence-corrected chi connectivity index (χ3v) is 3.97. The maximum Gasteiger partial charge on any atom is 0.173 e. The molecule has 0 aliphatic heterocycles. The largest absolute Gasteiger partial charge is 1.00 e. The van der Waals surface area contributed by atoms with Crippen LogP contribution >= 0.6 is 0 Å². The fourth-order valence-electron chi connectivity index (χ4n) is 2.67. The van der Waals surface area contributed by atoms with E-state index in [1.807, 2.05) is 48.5 Å². The Kier molecular flexibility index (Phi) is 11.2. The molecule has 0 aliphatic carbocycles. The van der Waals surface area contributed by atoms with E-state index in [9.17, 15) is 0 Å². The van der Waals surface area contributed by atoms with Crippen molar-refractivity contribution in [1.29, 1.82) is 0 Å². The molecule has 0 unspecified atom stereocenters. The van der Waals surface area contributed by atoms with Crippen molar-refractivity contribution in [2.45, 2.75) is 13.1 Å². The van der Waals surface area contributed by atoms with Gasteiger partial charge in [-0.1, -0.05) is 72.8 Å². The van der Waals surface area contributed by atoms with Gasteiger partial charge in [-0.3, -0.25) is 0 Å². The first kappa shape index (κ1) is 23.4. The summed E-state index contributed by atoms with van der Waals surface area (Å²) in [6, 6.07) is 33.1. The van der Waals surface area contributed by atoms with E-state index < -0.39 is 0 Å². The van der Waals surface area contributed by atoms with Gasteiger partial charge in [-0.2, -0.15) is 0 Å². The second-order valence-corrected chi connectivity index (χ2v) is 6.07. The SMILES string of the molecule is [Cl-].[Cl-].c1ccc(C[n+]2ccccc2)cc1.c1ccc(C[n+]2ccccc2)cc1. The Balaban J connectivity index is 0.000000261. The van der Waals surface area contributed by atoms with Gasteiger partial charge in [-0.25, -0.2) is 9.13 Å². The van der Waals surface area contributed by atoms with Crippen LogP contribution in [0.15, 0.2) is 122 Å². The van der Waals surface area contributed by atoms with Crippen LogP contribution in [0.25, 0.3) is 0 Å². The lowest BCUT2D eigenvalue weighted by atomic mass is 10.2. The normalized spacial score (nSPS) is 9.14. The minimum atomic E-state index is 0. The molecule has 0 fully saturated rings. The predicted molar refractivity (Wildman–Crippen MR) is 104 cm³/mol. The van der Waals surface area contributed by atoms with E-state index in [-0.39, 0.29) is 24.8 Å². The maximum atomic E-state index is 2.16. The monoisotopic (exact) mass is 410 g/mol. The molecule has 0 saturated heterocycles. The van der Waals surface area contributed by atoms with Gasteiger partial charge in [-0.05, 0) is 0 Å². The zero-order valence-electron chi connectivity index (χ0n) is 15.6. The molecule has 0 atom stereocenters. The van der Waals surface area contributed by atoms with Crippen LogP contribution in [0.5, 0.6) is 0 Å². The molecule has 4 rings (SSSR count). The number of rotatable bonds is 4. The quantitative estimate of drug-likeness (QED) is 0.345. The van der Waals surface area contributed by atoms with Crippen LogP contribution in [0.3, 0.4) is 0 Å². The first-order chi connectivity index (χ1) is 12.9. The molecule has 2 heterocycles. The Morgan fingerprint density at radius 2 is 0.679 bits per heavy atom. The van der Waals surface area contributed by atoms with Gasteiger partial charge < -0.3 is 24.8 Å². The topological polar surface area (TPSA) is 7.76 Å². The summed E-state index contributed by atoms with van der Waals surface area (Å²) in [5, 5.41) is 0. The highest BCUT2D eigenvalue weighted by Crippen LogP contribution is 1.97. The van der Waals surface area contributed by atoms with Crippen molar-refractivity contribution in [3.8, 4) is 0 Å². The molecule has 0 radical (unpaired) electrons. The van der Waals surface area contributed by atoms with Crippen LogP contribution in [0.1, 0.15) is 11.1 Å². The third-order valence-electron chi connectivity index (χ3n) is 3.97. The summed E-state index contributed by atoms with van der Waals surface area (Å²) in [6.07, 6.45) is 8.31. The molecule has 4 aromatic rings. The first-order valence-electron chi connectivity index (χ1n) is 8.86. The number of halogens is 2. The van der Waals surface area contributed by atoms with Crippen LogP contribution in [0.4, 0.5) is 0 Å². The van der Waals surface area contributed by atoms with Crippen LogP contribution in [-0.4, -0.2) is 0 Å². The van der Waals surface area contributed by atoms with Crippen molar-refractivity contribution in [2.75, 3.05) is 0 Å². The number of hydrogen-bond donors (Lipinski definition) is 0. The average Bonchev–Trinajstić information content (AvgIpc) is 2.72. The second-order valence-electron chi connectivity index (χ2n) is 6.07. The first-order valence-corrected chi connectivity index (χ1v) is 8.86. The molecule has 2 aromatic carbocycles. The van der Waals surface area contributed by atoms with Gasteiger partial charge >= 0.3 is 0 Å². The van der Waals surface area contributed by atoms with E-state index in [1.54, 1.807) is 0 Å². The van der Waals surface area contributed by atoms with Gasteiger partial charge in [-0.15, -0.1) is 0 Å². The molecule has 0 bridgehead atoms. The van der Waals surface area contributed by atoms with Crippen molar-refractivity contribution >= 4 is 0 Å². The fraction of sp³-hybridized carbons (Fsp3) is 0.0833. The minimum Gasteiger partial charge on any atom is -1.00 e. The van der Waals surface area contributed by atoms with Gasteiger partial charge in [0.05, 0.1) is 0 Å². The number of pyridine rings is 2. The predicted octanol–water partition coefficient (Wildman–Crippen LogP) is -1.95. The highest BCUT2D eigenvalue weighted by molar-refractivity contribution is 5.13. The molecule has 2 aromatic heterocycles. The van der Waals surface area contributed by atoms with E-state index in [1.165, 1.54) is 11.1 Å². The van der Waals surface area contributed by atoms with Gasteiger partial charge in [0.2, 0.25) is 0 Å². The van der Waals surface area contributed by atoms with E-state index in [0.717, 1.165) is 13.1 Å². The van der Waals surface area contributed by atoms with Crippen LogP contribution < -0.4 is 33.9 Å². The van der Waals surface area contributed by atoms with Crippen molar-refractivity contribution < 1.29 is 33.9 Å². The Bertz CT molecular complexity index is 719. The molecule has 28 heavy (non-hydrogen) atoms. The molecule has 4 heteroatoms. The van der Waals surface area contributed by atoms with Crippen molar-refractivity contribution in [2.24, 2.45) is 0 Å². The summed E-state index contributed by atoms with van der Waals surface area (Å²) in [4.78, 5) is 0. The van der Waals surface area contributed by atoms with E-state index >= 15 is 0 Å². The molecule has 0 N–H and O–H groups in total. The maximum absolute atomic E-state index is 2.16. The Labute approximate surface area is 180 Å². The molecule has 0 saturated carbocycles. The van der Waals surface area contributed by atoms with Gasteiger partial charge in [0.1, 0.15) is 0 Å². The van der Waals surface area contributed by atoms with Crippen LogP contribution in [0.2, 0.25) is 0 Å². The zero-order chi connectivity index (χ0) is 17.9. The lowest BCUT2D eigenvalue weighted by Crippen LogP contribution is -3.00. The summed E-state index contributed by atoms with van der Waals surface area (Å²) in [7, 11) is 0. The minimum absolute atomic E-state index is 0. The highest BCUT2D eigenvalue weighted by Gasteiger charge is 1.99. The van der Waals surface area contributed by atoms with E-state index in [4.69, 9.17) is 0 Å². The van der Waals surface area contributed by atoms with Crippen molar-refractivity contribution in [1.82, 2.24) is 0 Å². The number of nitrogens with zero attached hydrogens (tertiary/aromatic N) is 2. The highest BCUT2D eigenvalue weighted by atomic mass is 35.5. The second kappa shape index (κ2) is 13.5. The zero-order valence-corrected chi connectivity index (χ0v) is 17.1. The number of hydrogen-bond acceptors (Lipinski definition) is 0. The molecule has 0 amide bonds. The lowest BCUT2D eigenvalue weighted by molar-refractivity contribution is -0.688. The molecule has 0 spiro atoms. The summed E-state index contributed by atoms with van der Waals surface area (Å²) in [5.41, 5.74) is 2.66. The third kappa shape index (κ3) is 8.34. The Hall–Kier alpha value is -2.68. The number of benzene rings is 2. The Morgan fingerprint density at radius 1 is 0.393 bits per heavy atom. The summed E-state index contributed by atoms with van der Waals surface area (Å²) in [6.45, 7) is 1.89. The fourth-order valence-corrected chi connectivity index (χ4v) is 2.67. The average molecular weight is 411 g/mol. The van der Waals surface area contributed by atoms with Gasteiger partial charge in [0.15, 0.2) is 37.9 Å². The van der Waals surface area contributed by atoms with Crippen LogP contribution in [0, 0.1) is 0 Å². The van der Waals surface area contributed by atoms with Crippen molar-refractivity contribution in [3.05, 3.63) is 133 Å². The summed E-state index contributed by atoms with van der Waals surface area (Å²) < 4.78 is 4.32. The van der Waals surface area contributed by atoms with Crippen molar-refractivity contribution in [3.63, 3.8) is 0 Å². The molecular weight excluding hydrogens is 387 g/mol. The molecular formula is C24H24Cl2N2. The Morgan fingerprint density at radius 3 is 1.00 bits per heavy atom. The molecule has 2 nitrogen and oxygen atoms in total. The molecule has 0 aliphatic rings. The van der Waals surface area contributed by atoms with E-state index in [2.05, 4.69) is 82.5 Å². The number of aromatic nitrogens is 2. The smallest absolute Gasteiger partial charge is 0.173 e. The van der Waals surface area contributed by atoms with Gasteiger partial charge in [0, 0.05) is 35.4 Å². The van der Waals surface area contributed by atoms with Gasteiger partial charge in [0.25, 0.3) is 0 Å². The lowest BCUT2D eigenvalue weighted by Gasteiger charge is -1.95. The molecule has 144 valence electrons. The van der Waals surface area contributed by atoms with E-state index in [0.29, 0.717) is 0 Å².